The average molecular weight is 292 g/mol. The third-order valence-electron chi connectivity index (χ3n) is 4.37. The quantitative estimate of drug-likeness (QED) is 0.807. The smallest absolute Gasteiger partial charge is 0.111 e. The molecule has 4 heteroatoms. The number of imidazole rings is 1. The summed E-state index contributed by atoms with van der Waals surface area (Å²) in [5.41, 5.74) is 3.64. The van der Waals surface area contributed by atoms with Gasteiger partial charge in [-0.2, -0.15) is 0 Å². The summed E-state index contributed by atoms with van der Waals surface area (Å²) in [6, 6.07) is 7.12. The first-order valence-corrected chi connectivity index (χ1v) is 7.94. The van der Waals surface area contributed by atoms with Crippen LogP contribution < -0.4 is 0 Å². The highest BCUT2D eigenvalue weighted by atomic mass is 35.5. The summed E-state index contributed by atoms with van der Waals surface area (Å²) in [6.07, 6.45) is 3.42. The van der Waals surface area contributed by atoms with E-state index in [0.717, 1.165) is 24.3 Å². The van der Waals surface area contributed by atoms with E-state index in [2.05, 4.69) is 41.6 Å². The highest BCUT2D eigenvalue weighted by Crippen LogP contribution is 2.23. The van der Waals surface area contributed by atoms with Crippen LogP contribution in [0.5, 0.6) is 0 Å². The summed E-state index contributed by atoms with van der Waals surface area (Å²) in [5.74, 6) is 1.75. The standard InChI is InChI=1S/C16H22ClN3/c1-12-5-6-14-15(10-12)20(16(18-14)7-8-17)11-13-4-3-9-19(13)2/h5-6,10,13H,3-4,7-9,11H2,1-2H3. The number of aryl methyl sites for hydroxylation is 2. The fourth-order valence-electron chi connectivity index (χ4n) is 3.18. The van der Waals surface area contributed by atoms with E-state index < -0.39 is 0 Å². The number of rotatable bonds is 4. The SMILES string of the molecule is Cc1ccc2nc(CCCl)n(CC3CCCN3C)c2c1. The molecule has 0 radical (unpaired) electrons. The molecule has 0 amide bonds. The van der Waals surface area contributed by atoms with Crippen LogP contribution in [0, 0.1) is 6.92 Å². The van der Waals surface area contributed by atoms with Crippen molar-refractivity contribution in [2.24, 2.45) is 0 Å². The number of fused-ring (bicyclic) bond motifs is 1. The molecule has 108 valence electrons. The highest BCUT2D eigenvalue weighted by molar-refractivity contribution is 6.17. The van der Waals surface area contributed by atoms with Gasteiger partial charge in [0.15, 0.2) is 0 Å². The molecular weight excluding hydrogens is 270 g/mol. The monoisotopic (exact) mass is 291 g/mol. The maximum absolute atomic E-state index is 5.95. The molecule has 1 aromatic heterocycles. The van der Waals surface area contributed by atoms with E-state index in [1.54, 1.807) is 0 Å². The van der Waals surface area contributed by atoms with Gasteiger partial charge in [0.2, 0.25) is 0 Å². The molecule has 2 heterocycles. The lowest BCUT2D eigenvalue weighted by Crippen LogP contribution is -2.30. The van der Waals surface area contributed by atoms with Crippen LogP contribution in [0.25, 0.3) is 11.0 Å². The molecule has 1 aromatic carbocycles. The molecule has 1 fully saturated rings. The van der Waals surface area contributed by atoms with Crippen molar-refractivity contribution in [1.82, 2.24) is 14.5 Å². The molecule has 1 aliphatic rings. The number of halogens is 1. The lowest BCUT2D eigenvalue weighted by Gasteiger charge is -2.21. The summed E-state index contributed by atoms with van der Waals surface area (Å²) in [6.45, 7) is 4.38. The molecule has 3 rings (SSSR count). The van der Waals surface area contributed by atoms with Gasteiger partial charge in [0.05, 0.1) is 11.0 Å². The van der Waals surface area contributed by atoms with Crippen molar-refractivity contribution in [3.05, 3.63) is 29.6 Å². The Morgan fingerprint density at radius 3 is 2.95 bits per heavy atom. The Balaban J connectivity index is 2.01. The van der Waals surface area contributed by atoms with E-state index in [-0.39, 0.29) is 0 Å². The molecular formula is C16H22ClN3. The summed E-state index contributed by atoms with van der Waals surface area (Å²) in [4.78, 5) is 7.24. The molecule has 0 N–H and O–H groups in total. The van der Waals surface area contributed by atoms with Gasteiger partial charge < -0.3 is 9.47 Å². The van der Waals surface area contributed by atoms with Gasteiger partial charge in [-0.3, -0.25) is 0 Å². The van der Waals surface area contributed by atoms with E-state index >= 15 is 0 Å². The molecule has 0 bridgehead atoms. The van der Waals surface area contributed by atoms with Crippen LogP contribution in [0.15, 0.2) is 18.2 Å². The average Bonchev–Trinajstić information content (AvgIpc) is 2.96. The largest absolute Gasteiger partial charge is 0.326 e. The van der Waals surface area contributed by atoms with Gasteiger partial charge >= 0.3 is 0 Å². The molecule has 1 saturated heterocycles. The second kappa shape index (κ2) is 5.74. The Kier molecular flexibility index (Phi) is 3.99. The van der Waals surface area contributed by atoms with E-state index in [9.17, 15) is 0 Å². The lowest BCUT2D eigenvalue weighted by atomic mass is 10.2. The van der Waals surface area contributed by atoms with Crippen LogP contribution in [-0.4, -0.2) is 40.0 Å². The van der Waals surface area contributed by atoms with Crippen molar-refractivity contribution >= 4 is 22.6 Å². The van der Waals surface area contributed by atoms with Crippen molar-refractivity contribution in [3.63, 3.8) is 0 Å². The van der Waals surface area contributed by atoms with E-state index in [4.69, 9.17) is 16.6 Å². The molecule has 3 nitrogen and oxygen atoms in total. The molecule has 1 aliphatic heterocycles. The first-order valence-electron chi connectivity index (χ1n) is 7.41. The van der Waals surface area contributed by atoms with Crippen molar-refractivity contribution in [2.45, 2.75) is 38.8 Å². The van der Waals surface area contributed by atoms with Crippen LogP contribution in [0.4, 0.5) is 0 Å². The van der Waals surface area contributed by atoms with Crippen molar-refractivity contribution in [2.75, 3.05) is 19.5 Å². The second-order valence-corrected chi connectivity index (χ2v) is 6.22. The third kappa shape index (κ3) is 2.57. The topological polar surface area (TPSA) is 21.1 Å². The summed E-state index contributed by atoms with van der Waals surface area (Å²) in [5, 5.41) is 0. The zero-order valence-corrected chi connectivity index (χ0v) is 13.0. The molecule has 0 aliphatic carbocycles. The summed E-state index contributed by atoms with van der Waals surface area (Å²) in [7, 11) is 2.23. The van der Waals surface area contributed by atoms with E-state index in [0.29, 0.717) is 11.9 Å². The van der Waals surface area contributed by atoms with Crippen LogP contribution >= 0.6 is 11.6 Å². The van der Waals surface area contributed by atoms with Crippen LogP contribution in [0.2, 0.25) is 0 Å². The molecule has 1 unspecified atom stereocenters. The fraction of sp³-hybridized carbons (Fsp3) is 0.562. The molecule has 0 saturated carbocycles. The zero-order valence-electron chi connectivity index (χ0n) is 12.3. The molecule has 0 spiro atoms. The number of likely N-dealkylation sites (N-methyl/N-ethyl adjacent to an activating group) is 1. The minimum atomic E-state index is 0.627. The van der Waals surface area contributed by atoms with Crippen molar-refractivity contribution < 1.29 is 0 Å². The van der Waals surface area contributed by atoms with E-state index in [1.807, 2.05) is 0 Å². The Hall–Kier alpha value is -1.06. The predicted octanol–water partition coefficient (Wildman–Crippen LogP) is 3.22. The number of hydrogen-bond acceptors (Lipinski definition) is 2. The number of likely N-dealkylation sites (tertiary alicyclic amines) is 1. The normalized spacial score (nSPS) is 20.1. The number of nitrogens with zero attached hydrogens (tertiary/aromatic N) is 3. The first-order chi connectivity index (χ1) is 9.69. The van der Waals surface area contributed by atoms with Gasteiger partial charge in [-0.25, -0.2) is 4.98 Å². The lowest BCUT2D eigenvalue weighted by molar-refractivity contribution is 0.282. The number of alkyl halides is 1. The Morgan fingerprint density at radius 2 is 2.25 bits per heavy atom. The van der Waals surface area contributed by atoms with Crippen LogP contribution in [-0.2, 0) is 13.0 Å². The third-order valence-corrected chi connectivity index (χ3v) is 4.55. The van der Waals surface area contributed by atoms with Crippen molar-refractivity contribution in [3.8, 4) is 0 Å². The second-order valence-electron chi connectivity index (χ2n) is 5.85. The van der Waals surface area contributed by atoms with Gasteiger partial charge in [-0.05, 0) is 51.1 Å². The zero-order chi connectivity index (χ0) is 14.1. The van der Waals surface area contributed by atoms with Gasteiger partial charge in [0, 0.05) is 24.9 Å². The number of benzene rings is 1. The Morgan fingerprint density at radius 1 is 1.40 bits per heavy atom. The minimum Gasteiger partial charge on any atom is -0.326 e. The fourth-order valence-corrected chi connectivity index (χ4v) is 3.35. The first kappa shape index (κ1) is 13.9. The van der Waals surface area contributed by atoms with Crippen LogP contribution in [0.1, 0.15) is 24.2 Å². The van der Waals surface area contributed by atoms with Gasteiger partial charge in [0.1, 0.15) is 5.82 Å². The van der Waals surface area contributed by atoms with E-state index in [1.165, 1.54) is 30.5 Å². The summed E-state index contributed by atoms with van der Waals surface area (Å²) >= 11 is 5.95. The summed E-state index contributed by atoms with van der Waals surface area (Å²) < 4.78 is 2.39. The van der Waals surface area contributed by atoms with Crippen LogP contribution in [0.3, 0.4) is 0 Å². The molecule has 20 heavy (non-hydrogen) atoms. The van der Waals surface area contributed by atoms with Gasteiger partial charge in [0.25, 0.3) is 0 Å². The maximum Gasteiger partial charge on any atom is 0.111 e. The Bertz CT molecular complexity index is 605. The molecule has 2 aromatic rings. The highest BCUT2D eigenvalue weighted by Gasteiger charge is 2.23. The Labute approximate surface area is 125 Å². The number of hydrogen-bond donors (Lipinski definition) is 0. The maximum atomic E-state index is 5.95. The van der Waals surface area contributed by atoms with Crippen molar-refractivity contribution in [1.29, 1.82) is 0 Å². The predicted molar refractivity (Wildman–Crippen MR) is 84.5 cm³/mol. The molecule has 1 atom stereocenters. The van der Waals surface area contributed by atoms with Gasteiger partial charge in [-0.1, -0.05) is 6.07 Å². The van der Waals surface area contributed by atoms with Gasteiger partial charge in [-0.15, -0.1) is 11.6 Å². The number of aromatic nitrogens is 2. The minimum absolute atomic E-state index is 0.627.